The number of amides is 4. The molecule has 1 heterocycles. The predicted molar refractivity (Wildman–Crippen MR) is 91.1 cm³/mol. The summed E-state index contributed by atoms with van der Waals surface area (Å²) >= 11 is 0.960. The van der Waals surface area contributed by atoms with Gasteiger partial charge >= 0.3 is 6.03 Å². The molecule has 8 heteroatoms. The molecule has 0 bridgehead atoms. The molecule has 0 atom stereocenters. The molecule has 0 aliphatic carbocycles. The second-order valence-corrected chi connectivity index (χ2v) is 6.25. The van der Waals surface area contributed by atoms with E-state index in [1.165, 1.54) is 0 Å². The van der Waals surface area contributed by atoms with Gasteiger partial charge in [-0.3, -0.25) is 19.3 Å². The van der Waals surface area contributed by atoms with Crippen LogP contribution in [0, 0.1) is 6.92 Å². The number of thioether (sulfide) groups is 1. The SMILES string of the molecule is Cc1ccc(C(=O)CCNC(=O)NCCN2C(=O)CSC2=O)cc1. The minimum absolute atomic E-state index is 0.0411. The summed E-state index contributed by atoms with van der Waals surface area (Å²) in [5.74, 6) is -0.122. The third kappa shape index (κ3) is 5.09. The molecule has 0 aromatic heterocycles. The molecule has 2 N–H and O–H groups in total. The number of ketones is 1. The second-order valence-electron chi connectivity index (χ2n) is 5.32. The third-order valence-corrected chi connectivity index (χ3v) is 4.33. The molecule has 128 valence electrons. The van der Waals surface area contributed by atoms with Crippen LogP contribution in [0.1, 0.15) is 22.3 Å². The molecule has 7 nitrogen and oxygen atoms in total. The first-order valence-corrected chi connectivity index (χ1v) is 8.54. The minimum atomic E-state index is -0.432. The molecule has 1 aliphatic heterocycles. The number of Topliss-reactive ketones (excluding diaryl/α,β-unsaturated/α-hetero) is 1. The number of hydrogen-bond donors (Lipinski definition) is 2. The molecule has 1 aromatic carbocycles. The van der Waals surface area contributed by atoms with Crippen molar-refractivity contribution < 1.29 is 19.2 Å². The maximum absolute atomic E-state index is 11.9. The number of imide groups is 1. The van der Waals surface area contributed by atoms with Gasteiger partial charge in [0.2, 0.25) is 5.91 Å². The number of urea groups is 1. The molecule has 24 heavy (non-hydrogen) atoms. The molecule has 1 aliphatic rings. The minimum Gasteiger partial charge on any atom is -0.338 e. The summed E-state index contributed by atoms with van der Waals surface area (Å²) in [7, 11) is 0. The van der Waals surface area contributed by atoms with Crippen molar-refractivity contribution in [3.05, 3.63) is 35.4 Å². The van der Waals surface area contributed by atoms with E-state index < -0.39 is 6.03 Å². The summed E-state index contributed by atoms with van der Waals surface area (Å²) in [5.41, 5.74) is 1.70. The number of rotatable bonds is 7. The first kappa shape index (κ1) is 18.0. The Bertz CT molecular complexity index is 629. The Hall–Kier alpha value is -2.35. The Morgan fingerprint density at radius 3 is 2.42 bits per heavy atom. The van der Waals surface area contributed by atoms with Gasteiger partial charge in [0.25, 0.3) is 5.24 Å². The number of benzene rings is 1. The normalized spacial score (nSPS) is 14.0. The van der Waals surface area contributed by atoms with Gasteiger partial charge in [-0.25, -0.2) is 4.79 Å². The lowest BCUT2D eigenvalue weighted by molar-refractivity contribution is -0.124. The fourth-order valence-corrected chi connectivity index (χ4v) is 2.87. The van der Waals surface area contributed by atoms with Gasteiger partial charge in [0.1, 0.15) is 0 Å². The van der Waals surface area contributed by atoms with Gasteiger partial charge in [-0.15, -0.1) is 0 Å². The van der Waals surface area contributed by atoms with Gasteiger partial charge in [-0.05, 0) is 6.92 Å². The zero-order chi connectivity index (χ0) is 17.5. The molecule has 1 saturated heterocycles. The van der Waals surface area contributed by atoms with Crippen LogP contribution in [-0.2, 0) is 4.79 Å². The van der Waals surface area contributed by atoms with Crippen molar-refractivity contribution in [1.29, 1.82) is 0 Å². The van der Waals surface area contributed by atoms with Crippen molar-refractivity contribution >= 4 is 34.7 Å². The summed E-state index contributed by atoms with van der Waals surface area (Å²) < 4.78 is 0. The molecule has 1 fully saturated rings. The first-order valence-electron chi connectivity index (χ1n) is 7.56. The summed E-state index contributed by atoms with van der Waals surface area (Å²) in [4.78, 5) is 47.4. The average Bonchev–Trinajstić information content (AvgIpc) is 2.87. The smallest absolute Gasteiger partial charge is 0.314 e. The Kier molecular flexibility index (Phi) is 6.36. The Morgan fingerprint density at radius 1 is 1.12 bits per heavy atom. The summed E-state index contributed by atoms with van der Waals surface area (Å²) in [6, 6.07) is 6.83. The molecule has 0 saturated carbocycles. The number of nitrogens with one attached hydrogen (secondary N) is 2. The lowest BCUT2D eigenvalue weighted by Gasteiger charge is -2.13. The van der Waals surface area contributed by atoms with Gasteiger partial charge in [0.15, 0.2) is 5.78 Å². The van der Waals surface area contributed by atoms with E-state index in [1.807, 2.05) is 19.1 Å². The van der Waals surface area contributed by atoms with Crippen molar-refractivity contribution in [3.63, 3.8) is 0 Å². The van der Waals surface area contributed by atoms with Gasteiger partial charge in [-0.1, -0.05) is 41.6 Å². The third-order valence-electron chi connectivity index (χ3n) is 3.47. The van der Waals surface area contributed by atoms with Crippen LogP contribution in [0.25, 0.3) is 0 Å². The van der Waals surface area contributed by atoms with E-state index in [2.05, 4.69) is 10.6 Å². The summed E-state index contributed by atoms with van der Waals surface area (Å²) in [6.07, 6.45) is 0.205. The molecular weight excluding hydrogens is 330 g/mol. The number of hydrogen-bond acceptors (Lipinski definition) is 5. The van der Waals surface area contributed by atoms with E-state index >= 15 is 0 Å². The van der Waals surface area contributed by atoms with Crippen molar-refractivity contribution in [3.8, 4) is 0 Å². The zero-order valence-electron chi connectivity index (χ0n) is 13.3. The molecular formula is C16H19N3O4S. The van der Waals surface area contributed by atoms with Crippen LogP contribution in [0.3, 0.4) is 0 Å². The van der Waals surface area contributed by atoms with Crippen LogP contribution >= 0.6 is 11.8 Å². The van der Waals surface area contributed by atoms with Crippen molar-refractivity contribution in [2.75, 3.05) is 25.4 Å². The van der Waals surface area contributed by atoms with Crippen LogP contribution in [0.4, 0.5) is 9.59 Å². The highest BCUT2D eigenvalue weighted by Crippen LogP contribution is 2.17. The van der Waals surface area contributed by atoms with Gasteiger partial charge in [0, 0.05) is 31.6 Å². The number of carbonyl (C=O) groups is 4. The van der Waals surface area contributed by atoms with E-state index in [4.69, 9.17) is 0 Å². The zero-order valence-corrected chi connectivity index (χ0v) is 14.1. The van der Waals surface area contributed by atoms with E-state index in [0.717, 1.165) is 22.2 Å². The van der Waals surface area contributed by atoms with E-state index in [-0.39, 0.29) is 48.7 Å². The molecule has 1 aromatic rings. The highest BCUT2D eigenvalue weighted by molar-refractivity contribution is 8.14. The predicted octanol–water partition coefficient (Wildman–Crippen LogP) is 1.56. The largest absolute Gasteiger partial charge is 0.338 e. The topological polar surface area (TPSA) is 95.6 Å². The number of carbonyl (C=O) groups excluding carboxylic acids is 4. The van der Waals surface area contributed by atoms with Crippen LogP contribution in [0.5, 0.6) is 0 Å². The molecule has 0 radical (unpaired) electrons. The van der Waals surface area contributed by atoms with Crippen LogP contribution < -0.4 is 10.6 Å². The molecule has 4 amide bonds. The van der Waals surface area contributed by atoms with E-state index in [1.54, 1.807) is 12.1 Å². The Labute approximate surface area is 144 Å². The van der Waals surface area contributed by atoms with Gasteiger partial charge < -0.3 is 10.6 Å². The van der Waals surface area contributed by atoms with Crippen LogP contribution in [0.2, 0.25) is 0 Å². The first-order chi connectivity index (χ1) is 11.5. The lowest BCUT2D eigenvalue weighted by atomic mass is 10.1. The maximum Gasteiger partial charge on any atom is 0.314 e. The highest BCUT2D eigenvalue weighted by atomic mass is 32.2. The Balaban J connectivity index is 1.63. The summed E-state index contributed by atoms with van der Waals surface area (Å²) in [5, 5.41) is 4.85. The highest BCUT2D eigenvalue weighted by Gasteiger charge is 2.29. The van der Waals surface area contributed by atoms with Gasteiger partial charge in [0.05, 0.1) is 5.75 Å². The van der Waals surface area contributed by atoms with E-state index in [9.17, 15) is 19.2 Å². The quantitative estimate of drug-likeness (QED) is 0.729. The number of aryl methyl sites for hydroxylation is 1. The Morgan fingerprint density at radius 2 is 1.79 bits per heavy atom. The van der Waals surface area contributed by atoms with Crippen molar-refractivity contribution in [1.82, 2.24) is 15.5 Å². The van der Waals surface area contributed by atoms with E-state index in [0.29, 0.717) is 5.56 Å². The molecule has 0 spiro atoms. The number of nitrogens with zero attached hydrogens (tertiary/aromatic N) is 1. The van der Waals surface area contributed by atoms with Crippen molar-refractivity contribution in [2.24, 2.45) is 0 Å². The second kappa shape index (κ2) is 8.49. The van der Waals surface area contributed by atoms with Crippen LogP contribution in [-0.4, -0.2) is 53.2 Å². The van der Waals surface area contributed by atoms with Gasteiger partial charge in [-0.2, -0.15) is 0 Å². The standard InChI is InChI=1S/C16H19N3O4S/c1-11-2-4-12(5-3-11)13(20)6-7-17-15(22)18-8-9-19-14(21)10-24-16(19)23/h2-5H,6-10H2,1H3,(H2,17,18,22). The van der Waals surface area contributed by atoms with Crippen LogP contribution in [0.15, 0.2) is 24.3 Å². The summed E-state index contributed by atoms with van der Waals surface area (Å²) in [6.45, 7) is 2.49. The average molecular weight is 349 g/mol. The fourth-order valence-electron chi connectivity index (χ4n) is 2.11. The van der Waals surface area contributed by atoms with Crippen molar-refractivity contribution in [2.45, 2.75) is 13.3 Å². The monoisotopic (exact) mass is 349 g/mol. The fraction of sp³-hybridized carbons (Fsp3) is 0.375. The maximum atomic E-state index is 11.9. The molecule has 0 unspecified atom stereocenters. The molecule has 2 rings (SSSR count). The lowest BCUT2D eigenvalue weighted by Crippen LogP contribution is -2.42.